The van der Waals surface area contributed by atoms with Gasteiger partial charge in [-0.25, -0.2) is 0 Å². The van der Waals surface area contributed by atoms with E-state index in [0.717, 1.165) is 18.8 Å². The molecule has 16 heavy (non-hydrogen) atoms. The van der Waals surface area contributed by atoms with E-state index in [4.69, 9.17) is 0 Å². The molecule has 0 bridgehead atoms. The Labute approximate surface area is 97.8 Å². The molecule has 2 nitrogen and oxygen atoms in total. The lowest BCUT2D eigenvalue weighted by atomic mass is 10.1. The van der Waals surface area contributed by atoms with E-state index in [-0.39, 0.29) is 0 Å². The average Bonchev–Trinajstić information content (AvgIpc) is 2.79. The Morgan fingerprint density at radius 3 is 3.12 bits per heavy atom. The maximum atomic E-state index is 4.28. The first-order valence-corrected chi connectivity index (χ1v) is 6.15. The Hall–Kier alpha value is -1.15. The van der Waals surface area contributed by atoms with Gasteiger partial charge in [-0.1, -0.05) is 17.7 Å². The summed E-state index contributed by atoms with van der Waals surface area (Å²) in [5.74, 6) is 0. The molecule has 0 aliphatic heterocycles. The van der Waals surface area contributed by atoms with E-state index in [2.05, 4.69) is 29.4 Å². The molecule has 0 atom stereocenters. The molecule has 2 heteroatoms. The van der Waals surface area contributed by atoms with E-state index >= 15 is 0 Å². The third-order valence-electron chi connectivity index (χ3n) is 3.19. The number of aryl methyl sites for hydroxylation is 1. The Morgan fingerprint density at radius 2 is 2.38 bits per heavy atom. The summed E-state index contributed by atoms with van der Waals surface area (Å²) >= 11 is 0. The van der Waals surface area contributed by atoms with Crippen molar-refractivity contribution in [2.75, 3.05) is 6.54 Å². The molecular weight excluding hydrogens is 196 g/mol. The van der Waals surface area contributed by atoms with Crippen molar-refractivity contribution in [3.8, 4) is 0 Å². The molecule has 86 valence electrons. The molecular formula is C14H20N2. The minimum Gasteiger partial charge on any atom is -0.312 e. The second-order valence-electron chi connectivity index (χ2n) is 4.43. The van der Waals surface area contributed by atoms with Crippen LogP contribution in [0.3, 0.4) is 0 Å². The first-order chi connectivity index (χ1) is 7.86. The topological polar surface area (TPSA) is 24.9 Å². The number of nitrogens with one attached hydrogen (secondary N) is 1. The second-order valence-corrected chi connectivity index (χ2v) is 4.43. The van der Waals surface area contributed by atoms with Crippen LogP contribution in [0.1, 0.15) is 36.9 Å². The fraction of sp³-hybridized carbons (Fsp3) is 0.500. The summed E-state index contributed by atoms with van der Waals surface area (Å²) in [6.07, 6.45) is 9.42. The van der Waals surface area contributed by atoms with Gasteiger partial charge in [0.1, 0.15) is 0 Å². The fourth-order valence-corrected chi connectivity index (χ4v) is 2.14. The molecule has 1 aromatic heterocycles. The molecule has 0 saturated heterocycles. The van der Waals surface area contributed by atoms with Crippen molar-refractivity contribution in [2.24, 2.45) is 0 Å². The first kappa shape index (κ1) is 11.3. The van der Waals surface area contributed by atoms with Crippen LogP contribution in [-0.2, 0) is 6.54 Å². The van der Waals surface area contributed by atoms with Crippen molar-refractivity contribution in [1.29, 1.82) is 0 Å². The summed E-state index contributed by atoms with van der Waals surface area (Å²) in [4.78, 5) is 4.28. The predicted molar refractivity (Wildman–Crippen MR) is 67.2 cm³/mol. The summed E-state index contributed by atoms with van der Waals surface area (Å²) in [5, 5.41) is 3.49. The largest absolute Gasteiger partial charge is 0.312 e. The van der Waals surface area contributed by atoms with Crippen molar-refractivity contribution in [3.63, 3.8) is 0 Å². The molecule has 0 aromatic carbocycles. The summed E-state index contributed by atoms with van der Waals surface area (Å²) in [6, 6.07) is 4.15. The Morgan fingerprint density at radius 1 is 1.44 bits per heavy atom. The molecule has 0 radical (unpaired) electrons. The normalized spacial score (nSPS) is 15.2. The highest BCUT2D eigenvalue weighted by Gasteiger charge is 2.03. The maximum Gasteiger partial charge on any atom is 0.0417 e. The fourth-order valence-electron chi connectivity index (χ4n) is 2.14. The summed E-state index contributed by atoms with van der Waals surface area (Å²) in [7, 11) is 0. The average molecular weight is 216 g/mol. The number of pyridine rings is 1. The van der Waals surface area contributed by atoms with Crippen molar-refractivity contribution in [1.82, 2.24) is 10.3 Å². The minimum atomic E-state index is 0.937. The highest BCUT2D eigenvalue weighted by atomic mass is 14.9. The monoisotopic (exact) mass is 216 g/mol. The number of aromatic nitrogens is 1. The van der Waals surface area contributed by atoms with Crippen molar-refractivity contribution >= 4 is 0 Å². The van der Waals surface area contributed by atoms with Gasteiger partial charge in [-0.05, 0) is 50.8 Å². The zero-order chi connectivity index (χ0) is 11.2. The van der Waals surface area contributed by atoms with E-state index < -0.39 is 0 Å². The zero-order valence-corrected chi connectivity index (χ0v) is 10.00. The summed E-state index contributed by atoms with van der Waals surface area (Å²) < 4.78 is 0. The van der Waals surface area contributed by atoms with E-state index in [9.17, 15) is 0 Å². The van der Waals surface area contributed by atoms with Gasteiger partial charge in [-0.2, -0.15) is 0 Å². The van der Waals surface area contributed by atoms with E-state index in [0.29, 0.717) is 0 Å². The summed E-state index contributed by atoms with van der Waals surface area (Å²) in [5.41, 5.74) is 4.08. The van der Waals surface area contributed by atoms with Crippen LogP contribution in [0.5, 0.6) is 0 Å². The van der Waals surface area contributed by atoms with Gasteiger partial charge in [-0.3, -0.25) is 4.98 Å². The standard InChI is InChI=1S/C14H20N2/c1-12-14(7-4-9-16-12)11-15-10-8-13-5-2-3-6-13/h4-5,7,9,15H,2-3,6,8,10-11H2,1H3. The molecule has 1 aliphatic carbocycles. The van der Waals surface area contributed by atoms with Crippen LogP contribution in [0.25, 0.3) is 0 Å². The van der Waals surface area contributed by atoms with Crippen LogP contribution in [0.2, 0.25) is 0 Å². The van der Waals surface area contributed by atoms with Crippen LogP contribution in [0, 0.1) is 6.92 Å². The molecule has 0 saturated carbocycles. The van der Waals surface area contributed by atoms with Crippen molar-refractivity contribution < 1.29 is 0 Å². The van der Waals surface area contributed by atoms with Crippen LogP contribution >= 0.6 is 0 Å². The van der Waals surface area contributed by atoms with E-state index in [1.165, 1.54) is 31.2 Å². The van der Waals surface area contributed by atoms with Gasteiger partial charge in [0, 0.05) is 18.4 Å². The predicted octanol–water partition coefficient (Wildman–Crippen LogP) is 2.98. The van der Waals surface area contributed by atoms with Crippen LogP contribution in [-0.4, -0.2) is 11.5 Å². The first-order valence-electron chi connectivity index (χ1n) is 6.15. The third-order valence-corrected chi connectivity index (χ3v) is 3.19. The van der Waals surface area contributed by atoms with Gasteiger partial charge in [0.15, 0.2) is 0 Å². The summed E-state index contributed by atoms with van der Waals surface area (Å²) in [6.45, 7) is 4.09. The number of rotatable bonds is 5. The van der Waals surface area contributed by atoms with Crippen molar-refractivity contribution in [3.05, 3.63) is 41.2 Å². The van der Waals surface area contributed by atoms with Crippen LogP contribution < -0.4 is 5.32 Å². The lowest BCUT2D eigenvalue weighted by Crippen LogP contribution is -2.16. The smallest absolute Gasteiger partial charge is 0.0417 e. The molecule has 1 aromatic rings. The Balaban J connectivity index is 1.70. The lowest BCUT2D eigenvalue weighted by molar-refractivity contribution is 0.671. The molecule has 0 unspecified atom stereocenters. The van der Waals surface area contributed by atoms with Gasteiger partial charge in [0.05, 0.1) is 0 Å². The Bertz CT molecular complexity index is 369. The number of hydrogen-bond acceptors (Lipinski definition) is 2. The molecule has 0 fully saturated rings. The van der Waals surface area contributed by atoms with Gasteiger partial charge in [0.25, 0.3) is 0 Å². The molecule has 1 heterocycles. The quantitative estimate of drug-likeness (QED) is 0.604. The van der Waals surface area contributed by atoms with Crippen molar-refractivity contribution in [2.45, 2.75) is 39.2 Å². The molecule has 1 N–H and O–H groups in total. The number of hydrogen-bond donors (Lipinski definition) is 1. The van der Waals surface area contributed by atoms with Gasteiger partial charge < -0.3 is 5.32 Å². The number of nitrogens with zero attached hydrogens (tertiary/aromatic N) is 1. The van der Waals surface area contributed by atoms with Gasteiger partial charge in [0.2, 0.25) is 0 Å². The van der Waals surface area contributed by atoms with Gasteiger partial charge in [-0.15, -0.1) is 0 Å². The highest BCUT2D eigenvalue weighted by Crippen LogP contribution is 2.19. The zero-order valence-electron chi connectivity index (χ0n) is 10.00. The third kappa shape index (κ3) is 3.17. The second kappa shape index (κ2) is 5.80. The molecule has 0 spiro atoms. The highest BCUT2D eigenvalue weighted by molar-refractivity contribution is 5.17. The van der Waals surface area contributed by atoms with E-state index in [1.54, 1.807) is 5.57 Å². The van der Waals surface area contributed by atoms with Crippen LogP contribution in [0.4, 0.5) is 0 Å². The molecule has 2 rings (SSSR count). The van der Waals surface area contributed by atoms with Gasteiger partial charge >= 0.3 is 0 Å². The minimum absolute atomic E-state index is 0.937. The van der Waals surface area contributed by atoms with Crippen LogP contribution in [0.15, 0.2) is 30.0 Å². The number of allylic oxidation sites excluding steroid dienone is 1. The Kier molecular flexibility index (Phi) is 4.11. The molecule has 0 amide bonds. The lowest BCUT2D eigenvalue weighted by Gasteiger charge is -2.07. The van der Waals surface area contributed by atoms with E-state index in [1.807, 2.05) is 12.3 Å². The SMILES string of the molecule is Cc1ncccc1CNCCC1=CCCC1. The molecule has 1 aliphatic rings. The maximum absolute atomic E-state index is 4.28.